The van der Waals surface area contributed by atoms with Crippen molar-refractivity contribution >= 4 is 11.4 Å². The van der Waals surface area contributed by atoms with E-state index in [9.17, 15) is 9.59 Å². The van der Waals surface area contributed by atoms with Crippen molar-refractivity contribution in [2.75, 3.05) is 0 Å². The number of rotatable bonds is 2. The number of fused-ring (bicyclic) bond motifs is 1. The molecule has 0 fully saturated rings. The number of carbonyl (C=O) groups is 1. The van der Waals surface area contributed by atoms with Crippen LogP contribution >= 0.6 is 0 Å². The summed E-state index contributed by atoms with van der Waals surface area (Å²) >= 11 is 0. The molecular formula is C15H12N2O2. The number of hydrogen-bond donors (Lipinski definition) is 1. The van der Waals surface area contributed by atoms with E-state index >= 15 is 0 Å². The molecule has 94 valence electrons. The van der Waals surface area contributed by atoms with Gasteiger partial charge in [0.1, 0.15) is 5.65 Å². The lowest BCUT2D eigenvalue weighted by molar-refractivity contribution is 0.104. The molecule has 4 heteroatoms. The van der Waals surface area contributed by atoms with E-state index in [4.69, 9.17) is 0 Å². The first-order chi connectivity index (χ1) is 9.18. The minimum atomic E-state index is -0.140. The van der Waals surface area contributed by atoms with E-state index in [1.54, 1.807) is 24.4 Å². The van der Waals surface area contributed by atoms with Gasteiger partial charge in [0.05, 0.1) is 5.56 Å². The van der Waals surface area contributed by atoms with Crippen LogP contribution in [-0.4, -0.2) is 15.2 Å². The van der Waals surface area contributed by atoms with Crippen LogP contribution in [0.4, 0.5) is 0 Å². The van der Waals surface area contributed by atoms with Gasteiger partial charge in [-0.1, -0.05) is 30.3 Å². The standard InChI is InChI=1S/C15H12N2O2/c1-10-9-16-15-12(7-8-13(18)17(10)15)14(19)11-5-3-2-4-6-11/h2-9,16H,1H3. The predicted molar refractivity (Wildman–Crippen MR) is 72.6 cm³/mol. The van der Waals surface area contributed by atoms with Crippen molar-refractivity contribution in [1.82, 2.24) is 9.38 Å². The molecule has 0 amide bonds. The molecule has 2 aromatic heterocycles. The van der Waals surface area contributed by atoms with E-state index in [1.165, 1.54) is 10.5 Å². The van der Waals surface area contributed by atoms with Gasteiger partial charge in [0.2, 0.25) is 0 Å². The largest absolute Gasteiger partial charge is 0.345 e. The maximum absolute atomic E-state index is 12.4. The van der Waals surface area contributed by atoms with Gasteiger partial charge in [-0.15, -0.1) is 0 Å². The van der Waals surface area contributed by atoms with Gasteiger partial charge in [-0.05, 0) is 13.0 Å². The second-order valence-electron chi connectivity index (χ2n) is 4.39. The number of benzene rings is 1. The van der Waals surface area contributed by atoms with Crippen molar-refractivity contribution in [2.45, 2.75) is 6.92 Å². The van der Waals surface area contributed by atoms with Crippen molar-refractivity contribution in [3.8, 4) is 0 Å². The predicted octanol–water partition coefficient (Wildman–Crippen LogP) is 2.17. The van der Waals surface area contributed by atoms with Crippen molar-refractivity contribution < 1.29 is 4.79 Å². The second-order valence-corrected chi connectivity index (χ2v) is 4.39. The van der Waals surface area contributed by atoms with Crippen LogP contribution in [0.15, 0.2) is 53.5 Å². The Morgan fingerprint density at radius 1 is 1.11 bits per heavy atom. The third-order valence-electron chi connectivity index (χ3n) is 3.14. The van der Waals surface area contributed by atoms with E-state index in [-0.39, 0.29) is 11.3 Å². The Kier molecular flexibility index (Phi) is 2.56. The average molecular weight is 252 g/mol. The number of ketones is 1. The van der Waals surface area contributed by atoms with Crippen molar-refractivity contribution in [2.24, 2.45) is 0 Å². The Morgan fingerprint density at radius 3 is 2.58 bits per heavy atom. The van der Waals surface area contributed by atoms with Gasteiger partial charge in [-0.3, -0.25) is 14.0 Å². The molecule has 19 heavy (non-hydrogen) atoms. The molecule has 1 aromatic carbocycles. The minimum Gasteiger partial charge on any atom is -0.345 e. The highest BCUT2D eigenvalue weighted by Gasteiger charge is 2.15. The molecule has 0 atom stereocenters. The normalized spacial score (nSPS) is 10.8. The molecule has 0 aliphatic heterocycles. The fourth-order valence-electron chi connectivity index (χ4n) is 2.20. The van der Waals surface area contributed by atoms with Crippen LogP contribution in [0.2, 0.25) is 0 Å². The summed E-state index contributed by atoms with van der Waals surface area (Å²) in [5, 5.41) is 0. The zero-order chi connectivity index (χ0) is 13.4. The van der Waals surface area contributed by atoms with Crippen LogP contribution in [0.1, 0.15) is 21.6 Å². The number of aromatic amines is 1. The molecule has 0 saturated carbocycles. The lowest BCUT2D eigenvalue weighted by Gasteiger charge is -2.03. The van der Waals surface area contributed by atoms with Crippen LogP contribution in [0.3, 0.4) is 0 Å². The smallest absolute Gasteiger partial charge is 0.256 e. The van der Waals surface area contributed by atoms with Crippen LogP contribution in [0.25, 0.3) is 5.65 Å². The fraction of sp³-hybridized carbons (Fsp3) is 0.0667. The van der Waals surface area contributed by atoms with E-state index in [0.29, 0.717) is 16.8 Å². The number of aryl methyl sites for hydroxylation is 1. The van der Waals surface area contributed by atoms with Crippen LogP contribution < -0.4 is 5.56 Å². The van der Waals surface area contributed by atoms with E-state index in [1.807, 2.05) is 25.1 Å². The number of nitrogens with one attached hydrogen (secondary N) is 1. The number of H-pyrrole nitrogens is 1. The van der Waals surface area contributed by atoms with Gasteiger partial charge in [0.15, 0.2) is 5.78 Å². The second kappa shape index (κ2) is 4.24. The highest BCUT2D eigenvalue weighted by atomic mass is 16.1. The first-order valence-corrected chi connectivity index (χ1v) is 5.98. The average Bonchev–Trinajstić information content (AvgIpc) is 2.83. The first-order valence-electron chi connectivity index (χ1n) is 5.98. The van der Waals surface area contributed by atoms with Crippen molar-refractivity contribution in [3.63, 3.8) is 0 Å². The number of imidazole rings is 1. The molecule has 0 unspecified atom stereocenters. The summed E-state index contributed by atoms with van der Waals surface area (Å²) in [7, 11) is 0. The Bertz CT molecular complexity index is 813. The van der Waals surface area contributed by atoms with Crippen molar-refractivity contribution in [1.29, 1.82) is 0 Å². The van der Waals surface area contributed by atoms with Gasteiger partial charge in [-0.25, -0.2) is 0 Å². The highest BCUT2D eigenvalue weighted by molar-refractivity contribution is 6.12. The molecule has 4 nitrogen and oxygen atoms in total. The fourth-order valence-corrected chi connectivity index (χ4v) is 2.20. The number of pyridine rings is 1. The van der Waals surface area contributed by atoms with Gasteiger partial charge in [-0.2, -0.15) is 0 Å². The Morgan fingerprint density at radius 2 is 1.84 bits per heavy atom. The lowest BCUT2D eigenvalue weighted by Crippen LogP contribution is -2.15. The van der Waals surface area contributed by atoms with E-state index in [0.717, 1.165) is 5.69 Å². The quantitative estimate of drug-likeness (QED) is 0.711. The molecule has 3 aromatic rings. The maximum Gasteiger partial charge on any atom is 0.256 e. The number of hydrogen-bond acceptors (Lipinski definition) is 2. The minimum absolute atomic E-state index is 0.0973. The molecule has 0 aliphatic carbocycles. The van der Waals surface area contributed by atoms with Gasteiger partial charge >= 0.3 is 0 Å². The monoisotopic (exact) mass is 252 g/mol. The van der Waals surface area contributed by atoms with Gasteiger partial charge in [0.25, 0.3) is 5.56 Å². The molecule has 3 rings (SSSR count). The molecule has 1 N–H and O–H groups in total. The van der Waals surface area contributed by atoms with E-state index < -0.39 is 0 Å². The third-order valence-corrected chi connectivity index (χ3v) is 3.14. The molecule has 0 radical (unpaired) electrons. The summed E-state index contributed by atoms with van der Waals surface area (Å²) in [6.07, 6.45) is 1.72. The molecular weight excluding hydrogens is 240 g/mol. The molecule has 0 spiro atoms. The van der Waals surface area contributed by atoms with Crippen LogP contribution in [-0.2, 0) is 0 Å². The summed E-state index contributed by atoms with van der Waals surface area (Å²) < 4.78 is 1.51. The summed E-state index contributed by atoms with van der Waals surface area (Å²) in [6.45, 7) is 1.82. The molecule has 2 heterocycles. The Labute approximate surface area is 109 Å². The summed E-state index contributed by atoms with van der Waals surface area (Å²) in [5.74, 6) is -0.0973. The third kappa shape index (κ3) is 1.78. The van der Waals surface area contributed by atoms with Crippen molar-refractivity contribution in [3.05, 3.63) is 75.8 Å². The van der Waals surface area contributed by atoms with Gasteiger partial charge < -0.3 is 4.98 Å². The molecule has 0 saturated heterocycles. The zero-order valence-electron chi connectivity index (χ0n) is 10.4. The highest BCUT2D eigenvalue weighted by Crippen LogP contribution is 2.14. The Hall–Kier alpha value is -2.62. The number of aromatic nitrogens is 2. The number of carbonyl (C=O) groups excluding carboxylic acids is 1. The summed E-state index contributed by atoms with van der Waals surface area (Å²) in [6, 6.07) is 12.0. The lowest BCUT2D eigenvalue weighted by atomic mass is 10.0. The summed E-state index contributed by atoms with van der Waals surface area (Å²) in [4.78, 5) is 27.2. The van der Waals surface area contributed by atoms with E-state index in [2.05, 4.69) is 4.98 Å². The number of nitrogens with zero attached hydrogens (tertiary/aromatic N) is 1. The maximum atomic E-state index is 12.4. The zero-order valence-corrected chi connectivity index (χ0v) is 10.4. The Balaban J connectivity index is 2.25. The molecule has 0 aliphatic rings. The van der Waals surface area contributed by atoms with Crippen LogP contribution in [0, 0.1) is 6.92 Å². The first kappa shape index (κ1) is 11.5. The summed E-state index contributed by atoms with van der Waals surface area (Å²) in [5.41, 5.74) is 2.29. The van der Waals surface area contributed by atoms with Crippen LogP contribution in [0.5, 0.6) is 0 Å². The SMILES string of the molecule is Cc1c[nH]c2c(C(=O)c3ccccc3)ccc(=O)n12. The van der Waals surface area contributed by atoms with Gasteiger partial charge in [0, 0.05) is 23.5 Å². The topological polar surface area (TPSA) is 54.3 Å². The molecule has 0 bridgehead atoms.